The summed E-state index contributed by atoms with van der Waals surface area (Å²) in [6.45, 7) is 0. The third-order valence-electron chi connectivity index (χ3n) is 4.23. The molecule has 0 aromatic heterocycles. The maximum atomic E-state index is 13.3. The molecule has 8 heteroatoms. The van der Waals surface area contributed by atoms with Crippen molar-refractivity contribution in [3.8, 4) is 0 Å². The van der Waals surface area contributed by atoms with Crippen molar-refractivity contribution in [2.75, 3.05) is 0 Å². The van der Waals surface area contributed by atoms with E-state index in [1.54, 1.807) is 0 Å². The van der Waals surface area contributed by atoms with E-state index in [0.717, 1.165) is 38.5 Å². The molecule has 2 aliphatic carbocycles. The molecule has 4 N–H and O–H groups in total. The fourth-order valence-electron chi connectivity index (χ4n) is 3.01. The Morgan fingerprint density at radius 3 is 2.05 bits per heavy atom. The van der Waals surface area contributed by atoms with E-state index in [-0.39, 0.29) is 6.04 Å². The number of hydrogen-bond acceptors (Lipinski definition) is 2. The Hall–Kier alpha value is -0.400. The summed E-state index contributed by atoms with van der Waals surface area (Å²) in [7, 11) is 0. The van der Waals surface area contributed by atoms with Crippen LogP contribution in [0.25, 0.3) is 0 Å². The van der Waals surface area contributed by atoms with Crippen LogP contribution in [0, 0.1) is 0 Å². The van der Waals surface area contributed by atoms with Gasteiger partial charge in [-0.3, -0.25) is 10.9 Å². The van der Waals surface area contributed by atoms with Crippen LogP contribution in [0.1, 0.15) is 51.4 Å². The molecule has 0 saturated heterocycles. The Morgan fingerprint density at radius 1 is 0.864 bits per heavy atom. The van der Waals surface area contributed by atoms with E-state index in [9.17, 15) is 4.39 Å². The predicted molar refractivity (Wildman–Crippen MR) is 96.8 cm³/mol. The molecule has 0 radical (unpaired) electrons. The van der Waals surface area contributed by atoms with Crippen molar-refractivity contribution in [2.24, 2.45) is 0 Å². The molecule has 2 rings (SSSR count). The first-order chi connectivity index (χ1) is 10.5. The normalized spacial score (nSPS) is 31.9. The van der Waals surface area contributed by atoms with E-state index in [0.29, 0.717) is 34.5 Å². The molecule has 22 heavy (non-hydrogen) atoms. The van der Waals surface area contributed by atoms with Gasteiger partial charge in [-0.2, -0.15) is 0 Å². The van der Waals surface area contributed by atoms with Crippen molar-refractivity contribution in [1.82, 2.24) is 21.5 Å². The fraction of sp³-hybridized carbons (Fsp3) is 0.857. The summed E-state index contributed by atoms with van der Waals surface area (Å²) in [4.78, 5) is 0. The van der Waals surface area contributed by atoms with E-state index in [1.165, 1.54) is 0 Å². The average Bonchev–Trinajstić information content (AvgIpc) is 2.48. The number of hydrazine groups is 1. The molecule has 126 valence electrons. The quantitative estimate of drug-likeness (QED) is 0.342. The van der Waals surface area contributed by atoms with E-state index >= 15 is 0 Å². The summed E-state index contributed by atoms with van der Waals surface area (Å²) in [5.74, 6) is 0. The maximum absolute atomic E-state index is 13.3. The first-order valence-electron chi connectivity index (χ1n) is 7.94. The van der Waals surface area contributed by atoms with Crippen molar-refractivity contribution in [3.63, 3.8) is 0 Å². The Labute approximate surface area is 147 Å². The molecular weight excluding hydrogens is 343 g/mol. The van der Waals surface area contributed by atoms with Crippen LogP contribution in [0.15, 0.2) is 0 Å². The molecule has 2 atom stereocenters. The smallest absolute Gasteiger partial charge is 0.185 e. The van der Waals surface area contributed by atoms with Gasteiger partial charge in [-0.25, -0.2) is 4.39 Å². The maximum Gasteiger partial charge on any atom is 0.185 e. The summed E-state index contributed by atoms with van der Waals surface area (Å²) in [6, 6.07) is 0.468. The first-order valence-corrected chi connectivity index (χ1v) is 9.19. The molecule has 4 nitrogen and oxygen atoms in total. The zero-order valence-corrected chi connectivity index (χ0v) is 14.9. The van der Waals surface area contributed by atoms with Crippen molar-refractivity contribution < 1.29 is 4.39 Å². The number of halogens is 2. The SMILES string of the molecule is FC1CCCC(NC(=S)NNC(=S)NC2CCC(Cl)CC2)C1. The van der Waals surface area contributed by atoms with Gasteiger partial charge in [0.05, 0.1) is 0 Å². The Balaban J connectivity index is 1.60. The van der Waals surface area contributed by atoms with Crippen LogP contribution >= 0.6 is 36.0 Å². The molecule has 2 saturated carbocycles. The number of nitrogens with one attached hydrogen (secondary N) is 4. The third-order valence-corrected chi connectivity index (χ3v) is 5.10. The number of hydrogen-bond donors (Lipinski definition) is 4. The zero-order valence-electron chi connectivity index (χ0n) is 12.5. The number of thiocarbonyl (C=S) groups is 2. The summed E-state index contributed by atoms with van der Waals surface area (Å²) in [5.41, 5.74) is 5.74. The first kappa shape index (κ1) is 17.9. The highest BCUT2D eigenvalue weighted by molar-refractivity contribution is 7.80. The molecule has 0 aliphatic heterocycles. The van der Waals surface area contributed by atoms with E-state index in [1.807, 2.05) is 0 Å². The number of alkyl halides is 2. The second kappa shape index (κ2) is 9.03. The van der Waals surface area contributed by atoms with Crippen LogP contribution in [-0.4, -0.2) is 33.9 Å². The van der Waals surface area contributed by atoms with Gasteiger partial charge in [-0.1, -0.05) is 0 Å². The molecule has 0 heterocycles. The Morgan fingerprint density at radius 2 is 1.45 bits per heavy atom. The lowest BCUT2D eigenvalue weighted by atomic mass is 9.94. The molecule has 2 fully saturated rings. The van der Waals surface area contributed by atoms with Crippen LogP contribution in [0.3, 0.4) is 0 Å². The molecule has 0 bridgehead atoms. The lowest BCUT2D eigenvalue weighted by Crippen LogP contribution is -2.54. The van der Waals surface area contributed by atoms with Crippen molar-refractivity contribution >= 4 is 46.3 Å². The second-order valence-corrected chi connectivity index (χ2v) is 7.54. The minimum atomic E-state index is -0.721. The van der Waals surface area contributed by atoms with Crippen LogP contribution in [0.4, 0.5) is 4.39 Å². The van der Waals surface area contributed by atoms with Crippen LogP contribution in [0.5, 0.6) is 0 Å². The summed E-state index contributed by atoms with van der Waals surface area (Å²) in [5, 5.41) is 7.65. The molecule has 0 aromatic carbocycles. The molecular formula is C14H24ClFN4S2. The standard InChI is InChI=1S/C14H24ClFN4S2/c15-9-4-6-11(7-5-9)17-13(21)19-20-14(22)18-12-3-1-2-10(16)8-12/h9-12H,1-8H2,(H2,17,19,21)(H2,18,20,22). The van der Waals surface area contributed by atoms with Gasteiger partial charge >= 0.3 is 0 Å². The molecule has 2 aliphatic rings. The predicted octanol–water partition coefficient (Wildman–Crippen LogP) is 2.66. The molecule has 0 spiro atoms. The van der Waals surface area contributed by atoms with E-state index < -0.39 is 6.17 Å². The van der Waals surface area contributed by atoms with Gasteiger partial charge in [0.25, 0.3) is 0 Å². The summed E-state index contributed by atoms with van der Waals surface area (Å²) >= 11 is 16.5. The van der Waals surface area contributed by atoms with E-state index in [4.69, 9.17) is 36.0 Å². The minimum Gasteiger partial charge on any atom is -0.359 e. The highest BCUT2D eigenvalue weighted by Crippen LogP contribution is 2.22. The van der Waals surface area contributed by atoms with Gasteiger partial charge in [0.1, 0.15) is 6.17 Å². The highest BCUT2D eigenvalue weighted by Gasteiger charge is 2.22. The van der Waals surface area contributed by atoms with Gasteiger partial charge in [0, 0.05) is 17.5 Å². The average molecular weight is 367 g/mol. The highest BCUT2D eigenvalue weighted by atomic mass is 35.5. The summed E-state index contributed by atoms with van der Waals surface area (Å²) < 4.78 is 13.3. The topological polar surface area (TPSA) is 48.1 Å². The van der Waals surface area contributed by atoms with Crippen LogP contribution in [-0.2, 0) is 0 Å². The van der Waals surface area contributed by atoms with E-state index in [2.05, 4.69) is 21.5 Å². The molecule has 2 unspecified atom stereocenters. The van der Waals surface area contributed by atoms with Gasteiger partial charge in [-0.05, 0) is 75.8 Å². The molecule has 0 amide bonds. The van der Waals surface area contributed by atoms with Crippen LogP contribution < -0.4 is 21.5 Å². The second-order valence-electron chi connectivity index (χ2n) is 6.11. The lowest BCUT2D eigenvalue weighted by molar-refractivity contribution is 0.224. The van der Waals surface area contributed by atoms with Gasteiger partial charge in [0.2, 0.25) is 0 Å². The Bertz CT molecular complexity index is 391. The minimum absolute atomic E-state index is 0.103. The van der Waals surface area contributed by atoms with Gasteiger partial charge in [-0.15, -0.1) is 11.6 Å². The largest absolute Gasteiger partial charge is 0.359 e. The van der Waals surface area contributed by atoms with Crippen molar-refractivity contribution in [3.05, 3.63) is 0 Å². The van der Waals surface area contributed by atoms with Crippen molar-refractivity contribution in [1.29, 1.82) is 0 Å². The van der Waals surface area contributed by atoms with Gasteiger partial charge < -0.3 is 10.6 Å². The Kier molecular flexibility index (Phi) is 7.37. The van der Waals surface area contributed by atoms with Gasteiger partial charge in [0.15, 0.2) is 10.2 Å². The fourth-order valence-corrected chi connectivity index (χ4v) is 3.70. The number of rotatable bonds is 2. The monoisotopic (exact) mass is 366 g/mol. The zero-order chi connectivity index (χ0) is 15.9. The summed E-state index contributed by atoms with van der Waals surface area (Å²) in [6.07, 6.45) is 6.40. The van der Waals surface area contributed by atoms with Crippen molar-refractivity contribution in [2.45, 2.75) is 75.0 Å². The third kappa shape index (κ3) is 6.38. The van der Waals surface area contributed by atoms with Crippen LogP contribution in [0.2, 0.25) is 0 Å². The lowest BCUT2D eigenvalue weighted by Gasteiger charge is -2.28. The molecule has 0 aromatic rings.